The molecule has 0 atom stereocenters. The molecule has 21 nitrogen and oxygen atoms in total. The Morgan fingerprint density at radius 3 is 1.19 bits per heavy atom. The third kappa shape index (κ3) is 17.8. The summed E-state index contributed by atoms with van der Waals surface area (Å²) < 4.78 is 101. The molecule has 0 bridgehead atoms. The third-order valence-corrected chi connectivity index (χ3v) is 19.0. The van der Waals surface area contributed by atoms with Crippen LogP contribution in [0, 0.1) is 24.3 Å². The van der Waals surface area contributed by atoms with E-state index in [4.69, 9.17) is 24.9 Å². The number of nitrogens with zero attached hydrogens (tertiary/aromatic N) is 3. The Balaban J connectivity index is 0.000000631. The summed E-state index contributed by atoms with van der Waals surface area (Å²) in [6, 6.07) is 30.7. The fourth-order valence-electron chi connectivity index (χ4n) is 6.94. The van der Waals surface area contributed by atoms with Gasteiger partial charge in [-0.15, -0.1) is 0 Å². The lowest BCUT2D eigenvalue weighted by Gasteiger charge is -2.05. The summed E-state index contributed by atoms with van der Waals surface area (Å²) in [5, 5.41) is 9.10. The average Bonchev–Trinajstić information content (AvgIpc) is 1.86. The van der Waals surface area contributed by atoms with E-state index in [2.05, 4.69) is 83.6 Å². The van der Waals surface area contributed by atoms with Gasteiger partial charge in [0.25, 0.3) is 30.1 Å². The number of amides is 3. The third-order valence-electron chi connectivity index (χ3n) is 10.5. The van der Waals surface area contributed by atoms with Crippen molar-refractivity contribution in [3.63, 3.8) is 0 Å². The molecule has 6 heterocycles. The van der Waals surface area contributed by atoms with E-state index in [-0.39, 0.29) is 61.2 Å². The highest BCUT2D eigenvalue weighted by Crippen LogP contribution is 2.37. The van der Waals surface area contributed by atoms with Gasteiger partial charge in [0.2, 0.25) is 33.0 Å². The summed E-state index contributed by atoms with van der Waals surface area (Å²) in [7, 11) is -11.4. The van der Waals surface area contributed by atoms with Crippen LogP contribution >= 0.6 is 84.1 Å². The van der Waals surface area contributed by atoms with Gasteiger partial charge in [-0.05, 0) is 133 Å². The number of hydrogen-bond acceptors (Lipinski definition) is 18. The zero-order valence-corrected chi connectivity index (χ0v) is 52.7. The number of furan rings is 3. The molecule has 9 rings (SSSR count). The normalized spacial score (nSPS) is 11.5. The molecule has 0 fully saturated rings. The number of hydrogen-bond donors (Lipinski definition) is 6. The van der Waals surface area contributed by atoms with Crippen LogP contribution in [0.2, 0.25) is 5.02 Å². The molecule has 438 valence electrons. The Bertz CT molecular complexity index is 3720. The molecule has 0 saturated carbocycles. The van der Waals surface area contributed by atoms with Crippen molar-refractivity contribution in [2.75, 3.05) is 16.0 Å². The summed E-state index contributed by atoms with van der Waals surface area (Å²) in [5.41, 5.74) is 4.33. The predicted octanol–water partition coefficient (Wildman–Crippen LogP) is 12.9. The summed E-state index contributed by atoms with van der Waals surface area (Å²) in [5.74, 6) is 0.446. The highest BCUT2D eigenvalue weighted by Gasteiger charge is 2.25. The molecule has 0 saturated heterocycles. The first-order chi connectivity index (χ1) is 38.2. The lowest BCUT2D eigenvalue weighted by atomic mass is 10.2. The number of aromatic nitrogens is 3. The first-order valence-electron chi connectivity index (χ1n) is 23.5. The van der Waals surface area contributed by atoms with E-state index < -0.39 is 30.1 Å². The molecule has 6 aromatic heterocycles. The number of aryl methyl sites for hydroxylation is 3. The summed E-state index contributed by atoms with van der Waals surface area (Å²) in [6.45, 7) is 9.86. The zero-order chi connectivity index (χ0) is 58.8. The van der Waals surface area contributed by atoms with Gasteiger partial charge in [-0.1, -0.05) is 97.9 Å². The largest absolute Gasteiger partial charge is 0.442 e. The molecule has 30 heteroatoms. The fourth-order valence-corrected chi connectivity index (χ4v) is 14.0. The molecule has 6 N–H and O–H groups in total. The number of carbonyl (C=O) groups is 3. The maximum atomic E-state index is 12.5. The molecule has 9 aromatic rings. The number of carbonyl (C=O) groups excluding carboxylic acids is 3. The van der Waals surface area contributed by atoms with Gasteiger partial charge in [0.15, 0.2) is 15.4 Å². The van der Waals surface area contributed by atoms with Crippen LogP contribution in [0.4, 0.5) is 15.4 Å². The average molecular weight is 1430 g/mol. The van der Waals surface area contributed by atoms with Crippen LogP contribution in [0.3, 0.4) is 0 Å². The first kappa shape index (κ1) is 62.6. The minimum atomic E-state index is -3.83. The number of benzene rings is 3. The SMILES string of the molecule is CC(=O)Nc1nc(C)c(-c2ccc(S(=O)(=O)NCc3cccc(Br)c3)o2)s1.CC(=O)Nc1nc(C)c(-c2ccc(S(=O)(=O)NCc3cccc(Cl)c3)o2)s1.CC(=O)Nc1nc(C)c(-c2ccc(S(=O)(=O)NCc3cccc(I)c3)o2)s1.[HH].[HH].[HH].[HH].[HH].[HH]. The Kier molecular flexibility index (Phi) is 21.2. The van der Waals surface area contributed by atoms with Crippen molar-refractivity contribution < 1.29 is 61.4 Å². The van der Waals surface area contributed by atoms with Crippen LogP contribution in [-0.4, -0.2) is 57.9 Å². The monoisotopic (exact) mass is 1420 g/mol. The summed E-state index contributed by atoms with van der Waals surface area (Å²) in [6.07, 6.45) is 0. The van der Waals surface area contributed by atoms with E-state index in [1.807, 2.05) is 48.5 Å². The van der Waals surface area contributed by atoms with Gasteiger partial charge in [0.05, 0.1) is 31.7 Å². The number of rotatable bonds is 18. The van der Waals surface area contributed by atoms with Gasteiger partial charge >= 0.3 is 0 Å². The minimum Gasteiger partial charge on any atom is -0.442 e. The van der Waals surface area contributed by atoms with E-state index in [1.165, 1.54) is 73.0 Å². The second kappa shape index (κ2) is 27.4. The van der Waals surface area contributed by atoms with Crippen molar-refractivity contribution in [3.05, 3.63) is 156 Å². The molecule has 0 aliphatic rings. The van der Waals surface area contributed by atoms with Crippen molar-refractivity contribution in [1.82, 2.24) is 29.1 Å². The second-order valence-electron chi connectivity index (χ2n) is 17.1. The second-order valence-corrected chi connectivity index (χ2v) is 27.8. The van der Waals surface area contributed by atoms with E-state index in [9.17, 15) is 39.6 Å². The lowest BCUT2D eigenvalue weighted by Crippen LogP contribution is -2.22. The van der Waals surface area contributed by atoms with Crippen molar-refractivity contribution in [2.45, 2.75) is 76.5 Å². The van der Waals surface area contributed by atoms with E-state index in [0.29, 0.717) is 69.4 Å². The van der Waals surface area contributed by atoms with Crippen LogP contribution in [0.15, 0.2) is 142 Å². The van der Waals surface area contributed by atoms with Crippen molar-refractivity contribution in [2.24, 2.45) is 0 Å². The highest BCUT2D eigenvalue weighted by atomic mass is 127. The van der Waals surface area contributed by atoms with Gasteiger partial charge < -0.3 is 29.2 Å². The molecule has 3 amide bonds. The Hall–Kier alpha value is -5.97. The van der Waals surface area contributed by atoms with Crippen LogP contribution in [-0.2, 0) is 64.1 Å². The van der Waals surface area contributed by atoms with Crippen LogP contribution in [0.5, 0.6) is 0 Å². The topological polar surface area (TPSA) is 304 Å². The summed E-state index contributed by atoms with van der Waals surface area (Å²) in [4.78, 5) is 48.2. The molecule has 0 radical (unpaired) electrons. The van der Waals surface area contributed by atoms with Crippen molar-refractivity contribution >= 4 is 147 Å². The van der Waals surface area contributed by atoms with Gasteiger partial charge in [0.1, 0.15) is 17.3 Å². The maximum absolute atomic E-state index is 12.5. The Morgan fingerprint density at radius 2 is 0.852 bits per heavy atom. The number of thiazole rings is 3. The van der Waals surface area contributed by atoms with Crippen LogP contribution < -0.4 is 30.1 Å². The molecule has 0 aliphatic carbocycles. The highest BCUT2D eigenvalue weighted by molar-refractivity contribution is 14.1. The number of anilines is 3. The number of halogens is 3. The quantitative estimate of drug-likeness (QED) is 0.0435. The number of sulfonamides is 3. The fraction of sp³-hybridized carbons (Fsp3) is 0.176. The molecule has 0 unspecified atom stereocenters. The van der Waals surface area contributed by atoms with Crippen LogP contribution in [0.1, 0.15) is 63.1 Å². The lowest BCUT2D eigenvalue weighted by molar-refractivity contribution is -0.115. The van der Waals surface area contributed by atoms with E-state index >= 15 is 0 Å². The molecule has 3 aromatic carbocycles. The molecule has 81 heavy (non-hydrogen) atoms. The maximum Gasteiger partial charge on any atom is 0.274 e. The predicted molar refractivity (Wildman–Crippen MR) is 336 cm³/mol. The first-order valence-corrected chi connectivity index (χ1v) is 32.7. The zero-order valence-electron chi connectivity index (χ0n) is 43.3. The molecule has 0 spiro atoms. The minimum absolute atomic E-state index is 0. The smallest absolute Gasteiger partial charge is 0.274 e. The standard InChI is InChI=1S/C17H16BrN3O4S2.C17H16ClN3O4S2.C17H16IN3O4S2.6H2/c3*1-10-16(26-17(20-10)21-11(2)22)14-6-7-15(25-14)27(23,24)19-9-12-4-3-5-13(18)8-12;;;;;;/h3*3-8,19H,9H2,1-2H3,(H,20,21,22);6*1H. The van der Waals surface area contributed by atoms with Gasteiger partial charge in [-0.25, -0.2) is 54.4 Å². The Morgan fingerprint density at radius 1 is 0.519 bits per heavy atom. The van der Waals surface area contributed by atoms with Gasteiger partial charge in [-0.3, -0.25) is 14.4 Å². The molecular weight excluding hydrogens is 1370 g/mol. The van der Waals surface area contributed by atoms with Crippen molar-refractivity contribution in [3.8, 4) is 31.9 Å². The Labute approximate surface area is 514 Å². The molecular formula is C51H60BrClIN9O12S6. The van der Waals surface area contributed by atoms with Gasteiger partial charge in [0, 0.05) is 62.0 Å². The van der Waals surface area contributed by atoms with Crippen molar-refractivity contribution in [1.29, 1.82) is 0 Å². The molecule has 0 aliphatic heterocycles. The van der Waals surface area contributed by atoms with Crippen LogP contribution in [0.25, 0.3) is 31.9 Å². The van der Waals surface area contributed by atoms with E-state index in [1.54, 1.807) is 63.2 Å². The number of nitrogens with one attached hydrogen (secondary N) is 6. The van der Waals surface area contributed by atoms with E-state index in [0.717, 1.165) is 24.7 Å². The van der Waals surface area contributed by atoms with Gasteiger partial charge in [-0.2, -0.15) is 0 Å². The summed E-state index contributed by atoms with van der Waals surface area (Å²) >= 11 is 15.1.